The fourth-order valence-corrected chi connectivity index (χ4v) is 1.95. The molecule has 1 aliphatic rings. The highest BCUT2D eigenvalue weighted by molar-refractivity contribution is 4.82. The molecular weight excluding hydrogens is 192 g/mol. The van der Waals surface area contributed by atoms with E-state index in [-0.39, 0.29) is 5.60 Å². The lowest BCUT2D eigenvalue weighted by molar-refractivity contribution is -0.0305. The highest BCUT2D eigenvalue weighted by Gasteiger charge is 2.27. The van der Waals surface area contributed by atoms with Crippen LogP contribution in [-0.4, -0.2) is 56.5 Å². The molecule has 0 bridgehead atoms. The Morgan fingerprint density at radius 2 is 2.00 bits per heavy atom. The van der Waals surface area contributed by atoms with Crippen molar-refractivity contribution >= 4 is 0 Å². The topological polar surface area (TPSA) is 47.7 Å². The van der Waals surface area contributed by atoms with Gasteiger partial charge in [0, 0.05) is 32.8 Å². The van der Waals surface area contributed by atoms with E-state index in [1.54, 1.807) is 7.11 Å². The molecule has 4 nitrogen and oxygen atoms in total. The number of morpholine rings is 1. The van der Waals surface area contributed by atoms with Crippen molar-refractivity contribution in [2.24, 2.45) is 5.73 Å². The van der Waals surface area contributed by atoms with Crippen molar-refractivity contribution in [2.45, 2.75) is 31.9 Å². The van der Waals surface area contributed by atoms with Gasteiger partial charge in [-0.05, 0) is 20.3 Å². The molecule has 0 radical (unpaired) electrons. The average molecular weight is 216 g/mol. The second kappa shape index (κ2) is 5.80. The molecule has 90 valence electrons. The lowest BCUT2D eigenvalue weighted by Crippen LogP contribution is -2.49. The van der Waals surface area contributed by atoms with Crippen LogP contribution in [0.3, 0.4) is 0 Å². The van der Waals surface area contributed by atoms with Crippen LogP contribution in [0.5, 0.6) is 0 Å². The van der Waals surface area contributed by atoms with Gasteiger partial charge in [-0.15, -0.1) is 0 Å². The molecule has 15 heavy (non-hydrogen) atoms. The van der Waals surface area contributed by atoms with E-state index in [1.807, 2.05) is 0 Å². The Morgan fingerprint density at radius 3 is 2.47 bits per heavy atom. The molecule has 1 heterocycles. The molecular formula is C11H24N2O2. The minimum absolute atomic E-state index is 0.0949. The zero-order valence-corrected chi connectivity index (χ0v) is 10.2. The number of hydrogen-bond donors (Lipinski definition) is 1. The normalized spacial score (nSPS) is 21.6. The summed E-state index contributed by atoms with van der Waals surface area (Å²) in [4.78, 5) is 2.41. The predicted octanol–water partition coefficient (Wildman–Crippen LogP) is 0.461. The fourth-order valence-electron chi connectivity index (χ4n) is 1.95. The van der Waals surface area contributed by atoms with Crippen LogP contribution in [0, 0.1) is 0 Å². The van der Waals surface area contributed by atoms with Crippen molar-refractivity contribution < 1.29 is 9.47 Å². The Kier molecular flexibility index (Phi) is 4.99. The van der Waals surface area contributed by atoms with E-state index in [0.717, 1.165) is 32.7 Å². The monoisotopic (exact) mass is 216 g/mol. The van der Waals surface area contributed by atoms with E-state index >= 15 is 0 Å². The largest absolute Gasteiger partial charge is 0.379 e. The maximum absolute atomic E-state index is 5.83. The van der Waals surface area contributed by atoms with Crippen molar-refractivity contribution in [3.63, 3.8) is 0 Å². The van der Waals surface area contributed by atoms with Crippen LogP contribution in [0.25, 0.3) is 0 Å². The van der Waals surface area contributed by atoms with Crippen LogP contribution in [0.15, 0.2) is 0 Å². The summed E-state index contributed by atoms with van der Waals surface area (Å²) in [5.41, 5.74) is 5.73. The van der Waals surface area contributed by atoms with Crippen LogP contribution in [0.1, 0.15) is 20.3 Å². The standard InChI is InChI=1S/C11H24N2O2/c1-11(2,14-3)8-10(9-12)13-4-6-15-7-5-13/h10H,4-9,12H2,1-3H3. The van der Waals surface area contributed by atoms with E-state index in [9.17, 15) is 0 Å². The molecule has 1 rings (SSSR count). The summed E-state index contributed by atoms with van der Waals surface area (Å²) in [6.07, 6.45) is 0.972. The molecule has 1 aliphatic heterocycles. The van der Waals surface area contributed by atoms with Gasteiger partial charge in [0.15, 0.2) is 0 Å². The molecule has 4 heteroatoms. The first kappa shape index (κ1) is 12.9. The number of methoxy groups -OCH3 is 1. The summed E-state index contributed by atoms with van der Waals surface area (Å²) in [6, 6.07) is 0.406. The van der Waals surface area contributed by atoms with Gasteiger partial charge in [0.1, 0.15) is 0 Å². The van der Waals surface area contributed by atoms with E-state index in [1.165, 1.54) is 0 Å². The van der Waals surface area contributed by atoms with Gasteiger partial charge in [-0.1, -0.05) is 0 Å². The average Bonchev–Trinajstić information content (AvgIpc) is 2.27. The fraction of sp³-hybridized carbons (Fsp3) is 1.00. The van der Waals surface area contributed by atoms with Gasteiger partial charge in [-0.2, -0.15) is 0 Å². The van der Waals surface area contributed by atoms with Gasteiger partial charge in [-0.25, -0.2) is 0 Å². The minimum atomic E-state index is -0.0949. The van der Waals surface area contributed by atoms with Crippen molar-refractivity contribution in [2.75, 3.05) is 40.0 Å². The van der Waals surface area contributed by atoms with Crippen LogP contribution >= 0.6 is 0 Å². The first-order valence-corrected chi connectivity index (χ1v) is 5.66. The molecule has 0 aromatic rings. The smallest absolute Gasteiger partial charge is 0.0638 e. The molecule has 0 aromatic heterocycles. The third-order valence-corrected chi connectivity index (χ3v) is 3.11. The molecule has 0 spiro atoms. The van der Waals surface area contributed by atoms with Gasteiger partial charge in [0.05, 0.1) is 18.8 Å². The Balaban J connectivity index is 2.46. The zero-order chi connectivity index (χ0) is 11.3. The molecule has 1 fully saturated rings. The summed E-state index contributed by atoms with van der Waals surface area (Å²) in [6.45, 7) is 8.52. The third-order valence-electron chi connectivity index (χ3n) is 3.11. The molecule has 2 N–H and O–H groups in total. The summed E-state index contributed by atoms with van der Waals surface area (Å²) >= 11 is 0. The van der Waals surface area contributed by atoms with Gasteiger partial charge in [0.2, 0.25) is 0 Å². The highest BCUT2D eigenvalue weighted by atomic mass is 16.5. The van der Waals surface area contributed by atoms with Gasteiger partial charge < -0.3 is 15.2 Å². The van der Waals surface area contributed by atoms with E-state index in [0.29, 0.717) is 12.6 Å². The van der Waals surface area contributed by atoms with Gasteiger partial charge in [-0.3, -0.25) is 4.90 Å². The maximum atomic E-state index is 5.83. The molecule has 1 saturated heterocycles. The van der Waals surface area contributed by atoms with Crippen LogP contribution in [0.2, 0.25) is 0 Å². The second-order valence-corrected chi connectivity index (χ2v) is 4.71. The SMILES string of the molecule is COC(C)(C)CC(CN)N1CCOCC1. The van der Waals surface area contributed by atoms with E-state index < -0.39 is 0 Å². The lowest BCUT2D eigenvalue weighted by atomic mass is 9.97. The number of nitrogens with zero attached hydrogens (tertiary/aromatic N) is 1. The molecule has 1 unspecified atom stereocenters. The van der Waals surface area contributed by atoms with Crippen LogP contribution < -0.4 is 5.73 Å². The molecule has 0 amide bonds. The third kappa shape index (κ3) is 4.07. The molecule has 0 saturated carbocycles. The number of nitrogens with two attached hydrogens (primary N) is 1. The Labute approximate surface area is 92.7 Å². The van der Waals surface area contributed by atoms with Crippen molar-refractivity contribution in [3.05, 3.63) is 0 Å². The minimum Gasteiger partial charge on any atom is -0.379 e. The van der Waals surface area contributed by atoms with Crippen LogP contribution in [0.4, 0.5) is 0 Å². The number of rotatable bonds is 5. The summed E-state index contributed by atoms with van der Waals surface area (Å²) in [5, 5.41) is 0. The molecule has 0 aliphatic carbocycles. The second-order valence-electron chi connectivity index (χ2n) is 4.71. The zero-order valence-electron chi connectivity index (χ0n) is 10.2. The van der Waals surface area contributed by atoms with Gasteiger partial charge in [0.25, 0.3) is 0 Å². The molecule has 1 atom stereocenters. The quantitative estimate of drug-likeness (QED) is 0.725. The summed E-state index contributed by atoms with van der Waals surface area (Å²) in [5.74, 6) is 0. The molecule has 0 aromatic carbocycles. The maximum Gasteiger partial charge on any atom is 0.0638 e. The van der Waals surface area contributed by atoms with Crippen molar-refractivity contribution in [1.29, 1.82) is 0 Å². The van der Waals surface area contributed by atoms with E-state index in [2.05, 4.69) is 18.7 Å². The van der Waals surface area contributed by atoms with Crippen molar-refractivity contribution in [3.8, 4) is 0 Å². The summed E-state index contributed by atoms with van der Waals surface area (Å²) < 4.78 is 10.8. The Morgan fingerprint density at radius 1 is 1.40 bits per heavy atom. The van der Waals surface area contributed by atoms with Crippen LogP contribution in [-0.2, 0) is 9.47 Å². The highest BCUT2D eigenvalue weighted by Crippen LogP contribution is 2.19. The number of hydrogen-bond acceptors (Lipinski definition) is 4. The summed E-state index contributed by atoms with van der Waals surface area (Å²) in [7, 11) is 1.76. The predicted molar refractivity (Wildman–Crippen MR) is 60.9 cm³/mol. The Hall–Kier alpha value is -0.160. The van der Waals surface area contributed by atoms with Gasteiger partial charge >= 0.3 is 0 Å². The Bertz CT molecular complexity index is 179. The van der Waals surface area contributed by atoms with Crippen molar-refractivity contribution in [1.82, 2.24) is 4.90 Å². The lowest BCUT2D eigenvalue weighted by Gasteiger charge is -2.37. The first-order valence-electron chi connectivity index (χ1n) is 5.66. The number of ether oxygens (including phenoxy) is 2. The van der Waals surface area contributed by atoms with E-state index in [4.69, 9.17) is 15.2 Å². The first-order chi connectivity index (χ1) is 7.09.